The zero-order valence-corrected chi connectivity index (χ0v) is 18.3. The van der Waals surface area contributed by atoms with Crippen LogP contribution >= 0.6 is 0 Å². The Morgan fingerprint density at radius 2 is 1.03 bits per heavy atom. The number of para-hydroxylation sites is 3. The molecule has 0 saturated carbocycles. The normalized spacial score (nSPS) is 11.5. The Bertz CT molecular complexity index is 1860. The summed E-state index contributed by atoms with van der Waals surface area (Å²) in [7, 11) is 0. The summed E-state index contributed by atoms with van der Waals surface area (Å²) in [4.78, 5) is 0. The van der Waals surface area contributed by atoms with Crippen LogP contribution in [-0.2, 0) is 0 Å². The van der Waals surface area contributed by atoms with Crippen molar-refractivity contribution in [1.29, 1.82) is 5.26 Å². The third-order valence-electron chi connectivity index (χ3n) is 6.73. The first-order chi connectivity index (χ1) is 16.8. The first kappa shape index (κ1) is 18.7. The van der Waals surface area contributed by atoms with E-state index in [0.717, 1.165) is 27.8 Å². The van der Waals surface area contributed by atoms with Gasteiger partial charge in [0.15, 0.2) is 0 Å². The van der Waals surface area contributed by atoms with E-state index in [4.69, 9.17) is 0 Å². The molecule has 0 N–H and O–H groups in total. The van der Waals surface area contributed by atoms with E-state index in [-0.39, 0.29) is 0 Å². The maximum absolute atomic E-state index is 9.54. The summed E-state index contributed by atoms with van der Waals surface area (Å²) in [6.07, 6.45) is 0. The van der Waals surface area contributed by atoms with Crippen LogP contribution in [0.15, 0.2) is 115 Å². The Balaban J connectivity index is 1.59. The predicted molar refractivity (Wildman–Crippen MR) is 140 cm³/mol. The molecule has 0 aliphatic rings. The Morgan fingerprint density at radius 3 is 1.74 bits per heavy atom. The molecule has 34 heavy (non-hydrogen) atoms. The second kappa shape index (κ2) is 7.10. The zero-order valence-electron chi connectivity index (χ0n) is 18.3. The number of hydrogen-bond donors (Lipinski definition) is 0. The number of hydrogen-bond acceptors (Lipinski definition) is 1. The highest BCUT2D eigenvalue weighted by atomic mass is 15.0. The van der Waals surface area contributed by atoms with Crippen LogP contribution in [0.2, 0.25) is 0 Å². The number of benzene rings is 5. The number of nitriles is 1. The molecular formula is C31H19N3. The average molecular weight is 434 g/mol. The predicted octanol–water partition coefficient (Wildman–Crippen LogP) is 7.75. The van der Waals surface area contributed by atoms with Gasteiger partial charge in [-0.1, -0.05) is 60.7 Å². The largest absolute Gasteiger partial charge is 0.309 e. The Morgan fingerprint density at radius 1 is 0.441 bits per heavy atom. The SMILES string of the molecule is N#Cc1ccc2c3cc(-n4c5ccccc5c5ccccc54)ccc3n(-c3ccccc3)c2c1. The van der Waals surface area contributed by atoms with Crippen LogP contribution in [0.25, 0.3) is 55.0 Å². The molecule has 0 radical (unpaired) electrons. The standard InChI is InChI=1S/C31H19N3/c32-20-21-14-16-26-27-19-23(15-17-30(27)33(31(26)18-21)22-8-2-1-3-9-22)34-28-12-6-4-10-24(28)25-11-5-7-13-29(25)34/h1-19H. The van der Waals surface area contributed by atoms with Crippen LogP contribution in [0, 0.1) is 11.3 Å². The molecule has 0 bridgehead atoms. The quantitative estimate of drug-likeness (QED) is 0.274. The van der Waals surface area contributed by atoms with Crippen molar-refractivity contribution in [3.05, 3.63) is 121 Å². The molecule has 7 rings (SSSR count). The van der Waals surface area contributed by atoms with Crippen molar-refractivity contribution < 1.29 is 0 Å². The minimum Gasteiger partial charge on any atom is -0.309 e. The van der Waals surface area contributed by atoms with Crippen LogP contribution in [0.5, 0.6) is 0 Å². The van der Waals surface area contributed by atoms with Gasteiger partial charge in [0, 0.05) is 32.9 Å². The molecular weight excluding hydrogens is 414 g/mol. The Kier molecular flexibility index (Phi) is 3.91. The number of nitrogens with zero attached hydrogens (tertiary/aromatic N) is 3. The molecule has 5 aromatic carbocycles. The lowest BCUT2D eigenvalue weighted by Crippen LogP contribution is -1.95. The fourth-order valence-electron chi connectivity index (χ4n) is 5.27. The number of fused-ring (bicyclic) bond motifs is 6. The van der Waals surface area contributed by atoms with Crippen LogP contribution in [0.4, 0.5) is 0 Å². The molecule has 3 nitrogen and oxygen atoms in total. The summed E-state index contributed by atoms with van der Waals surface area (Å²) < 4.78 is 4.60. The molecule has 0 spiro atoms. The lowest BCUT2D eigenvalue weighted by Gasteiger charge is -2.10. The fourth-order valence-corrected chi connectivity index (χ4v) is 5.27. The number of aromatic nitrogens is 2. The minimum absolute atomic E-state index is 0.662. The van der Waals surface area contributed by atoms with Crippen molar-refractivity contribution in [3.63, 3.8) is 0 Å². The molecule has 0 aliphatic heterocycles. The van der Waals surface area contributed by atoms with E-state index >= 15 is 0 Å². The van der Waals surface area contributed by atoms with Crippen molar-refractivity contribution in [3.8, 4) is 17.4 Å². The summed E-state index contributed by atoms with van der Waals surface area (Å²) in [5.41, 5.74) is 7.43. The first-order valence-corrected chi connectivity index (χ1v) is 11.4. The van der Waals surface area contributed by atoms with Crippen LogP contribution in [0.1, 0.15) is 5.56 Å². The van der Waals surface area contributed by atoms with Crippen molar-refractivity contribution in [2.24, 2.45) is 0 Å². The topological polar surface area (TPSA) is 33.6 Å². The highest BCUT2D eigenvalue weighted by Gasteiger charge is 2.16. The third-order valence-corrected chi connectivity index (χ3v) is 6.73. The van der Waals surface area contributed by atoms with Gasteiger partial charge in [0.1, 0.15) is 0 Å². The fraction of sp³-hybridized carbons (Fsp3) is 0. The summed E-state index contributed by atoms with van der Waals surface area (Å²) in [6, 6.07) is 42.4. The second-order valence-corrected chi connectivity index (χ2v) is 8.59. The van der Waals surface area contributed by atoms with Crippen LogP contribution < -0.4 is 0 Å². The minimum atomic E-state index is 0.662. The highest BCUT2D eigenvalue weighted by molar-refractivity contribution is 6.12. The molecule has 2 heterocycles. The Hall–Kier alpha value is -4.81. The maximum Gasteiger partial charge on any atom is 0.0992 e. The van der Waals surface area contributed by atoms with E-state index in [2.05, 4.69) is 100 Å². The average Bonchev–Trinajstić information content (AvgIpc) is 3.41. The van der Waals surface area contributed by atoms with E-state index in [1.54, 1.807) is 0 Å². The van der Waals surface area contributed by atoms with Gasteiger partial charge >= 0.3 is 0 Å². The monoisotopic (exact) mass is 433 g/mol. The second-order valence-electron chi connectivity index (χ2n) is 8.59. The van der Waals surface area contributed by atoms with Gasteiger partial charge in [0.05, 0.1) is 33.7 Å². The molecule has 0 unspecified atom stereocenters. The molecule has 0 atom stereocenters. The number of rotatable bonds is 2. The smallest absolute Gasteiger partial charge is 0.0992 e. The molecule has 0 aliphatic carbocycles. The molecule has 158 valence electrons. The maximum atomic E-state index is 9.54. The van der Waals surface area contributed by atoms with E-state index in [9.17, 15) is 5.26 Å². The van der Waals surface area contributed by atoms with Crippen LogP contribution in [-0.4, -0.2) is 9.13 Å². The van der Waals surface area contributed by atoms with Crippen molar-refractivity contribution in [2.45, 2.75) is 0 Å². The highest BCUT2D eigenvalue weighted by Crippen LogP contribution is 2.36. The van der Waals surface area contributed by atoms with Gasteiger partial charge in [-0.25, -0.2) is 0 Å². The lowest BCUT2D eigenvalue weighted by atomic mass is 10.1. The van der Waals surface area contributed by atoms with Gasteiger partial charge in [-0.2, -0.15) is 5.26 Å². The van der Waals surface area contributed by atoms with E-state index in [1.807, 2.05) is 30.3 Å². The van der Waals surface area contributed by atoms with E-state index < -0.39 is 0 Å². The molecule has 3 heteroatoms. The van der Waals surface area contributed by atoms with Crippen molar-refractivity contribution in [1.82, 2.24) is 9.13 Å². The summed E-state index contributed by atoms with van der Waals surface area (Å²) in [6.45, 7) is 0. The van der Waals surface area contributed by atoms with Gasteiger partial charge in [0.2, 0.25) is 0 Å². The van der Waals surface area contributed by atoms with E-state index in [0.29, 0.717) is 5.56 Å². The van der Waals surface area contributed by atoms with Gasteiger partial charge in [-0.05, 0) is 54.6 Å². The third kappa shape index (κ3) is 2.57. The molecule has 0 saturated heterocycles. The van der Waals surface area contributed by atoms with Gasteiger partial charge in [-0.3, -0.25) is 0 Å². The van der Waals surface area contributed by atoms with Gasteiger partial charge < -0.3 is 9.13 Å². The van der Waals surface area contributed by atoms with E-state index in [1.165, 1.54) is 27.2 Å². The van der Waals surface area contributed by atoms with Gasteiger partial charge in [0.25, 0.3) is 0 Å². The lowest BCUT2D eigenvalue weighted by molar-refractivity contribution is 1.16. The molecule has 0 fully saturated rings. The van der Waals surface area contributed by atoms with Crippen molar-refractivity contribution >= 4 is 43.6 Å². The summed E-state index contributed by atoms with van der Waals surface area (Å²) >= 11 is 0. The van der Waals surface area contributed by atoms with Crippen molar-refractivity contribution in [2.75, 3.05) is 0 Å². The molecule has 2 aromatic heterocycles. The molecule has 7 aromatic rings. The summed E-state index contributed by atoms with van der Waals surface area (Å²) in [5, 5.41) is 14.4. The Labute approximate surface area is 196 Å². The zero-order chi connectivity index (χ0) is 22.6. The van der Waals surface area contributed by atoms with Crippen LogP contribution in [0.3, 0.4) is 0 Å². The summed E-state index contributed by atoms with van der Waals surface area (Å²) in [5.74, 6) is 0. The van der Waals surface area contributed by atoms with Gasteiger partial charge in [-0.15, -0.1) is 0 Å². The molecule has 0 amide bonds. The first-order valence-electron chi connectivity index (χ1n) is 11.4.